The Morgan fingerprint density at radius 1 is 0.667 bits per heavy atom. The van der Waals surface area contributed by atoms with E-state index in [0.29, 0.717) is 0 Å². The highest BCUT2D eigenvalue weighted by Gasteiger charge is 2.15. The van der Waals surface area contributed by atoms with E-state index < -0.39 is 0 Å². The molecule has 0 aliphatic carbocycles. The summed E-state index contributed by atoms with van der Waals surface area (Å²) in [5.74, 6) is 0.923. The zero-order valence-electron chi connectivity index (χ0n) is 15.9. The number of aromatic nitrogens is 2. The third-order valence-corrected chi connectivity index (χ3v) is 5.40. The van der Waals surface area contributed by atoms with Crippen LogP contribution >= 0.6 is 0 Å². The predicted molar refractivity (Wildman–Crippen MR) is 115 cm³/mol. The number of nitrogens with one attached hydrogen (secondary N) is 1. The summed E-state index contributed by atoms with van der Waals surface area (Å²) in [5.41, 5.74) is 4.75. The van der Waals surface area contributed by atoms with Crippen LogP contribution in [0.3, 0.4) is 0 Å². The molecule has 4 aromatic carbocycles. The average molecular weight is 350 g/mol. The highest BCUT2D eigenvalue weighted by molar-refractivity contribution is 6.23. The van der Waals surface area contributed by atoms with Gasteiger partial charge in [-0.15, -0.1) is 0 Å². The molecule has 0 spiro atoms. The number of benzene rings is 4. The Morgan fingerprint density at radius 3 is 1.85 bits per heavy atom. The van der Waals surface area contributed by atoms with Crippen molar-refractivity contribution >= 4 is 32.6 Å². The molecule has 0 bridgehead atoms. The van der Waals surface area contributed by atoms with Crippen molar-refractivity contribution in [2.45, 2.75) is 26.2 Å². The molecular formula is C25H22N2. The van der Waals surface area contributed by atoms with E-state index in [-0.39, 0.29) is 5.41 Å². The Kier molecular flexibility index (Phi) is 3.38. The third kappa shape index (κ3) is 2.52. The molecular weight excluding hydrogens is 328 g/mol. The van der Waals surface area contributed by atoms with E-state index in [1.807, 2.05) is 0 Å². The first kappa shape index (κ1) is 16.1. The maximum atomic E-state index is 5.00. The van der Waals surface area contributed by atoms with Gasteiger partial charge in [-0.05, 0) is 21.8 Å². The average Bonchev–Trinajstić information content (AvgIpc) is 3.14. The minimum Gasteiger partial charge on any atom is -0.337 e. The van der Waals surface area contributed by atoms with E-state index in [9.17, 15) is 0 Å². The molecule has 132 valence electrons. The molecule has 0 aliphatic heterocycles. The Balaban J connectivity index is 1.79. The van der Waals surface area contributed by atoms with Crippen LogP contribution in [0.15, 0.2) is 72.8 Å². The zero-order chi connectivity index (χ0) is 18.6. The number of hydrogen-bond acceptors (Lipinski definition) is 1. The van der Waals surface area contributed by atoms with Crippen molar-refractivity contribution in [3.63, 3.8) is 0 Å². The summed E-state index contributed by atoms with van der Waals surface area (Å²) in [6, 6.07) is 25.8. The molecule has 0 radical (unpaired) electrons. The molecule has 0 saturated heterocycles. The van der Waals surface area contributed by atoms with Crippen LogP contribution in [0, 0.1) is 0 Å². The van der Waals surface area contributed by atoms with E-state index >= 15 is 0 Å². The zero-order valence-corrected chi connectivity index (χ0v) is 15.9. The molecule has 0 fully saturated rings. The monoisotopic (exact) mass is 350 g/mol. The van der Waals surface area contributed by atoms with E-state index in [0.717, 1.165) is 22.4 Å². The van der Waals surface area contributed by atoms with E-state index in [1.54, 1.807) is 0 Å². The van der Waals surface area contributed by atoms with Crippen LogP contribution in [0.1, 0.15) is 26.3 Å². The van der Waals surface area contributed by atoms with Crippen molar-refractivity contribution < 1.29 is 0 Å². The number of H-pyrrole nitrogens is 1. The van der Waals surface area contributed by atoms with Gasteiger partial charge in [0.1, 0.15) is 5.82 Å². The second-order valence-corrected chi connectivity index (χ2v) is 8.23. The van der Waals surface area contributed by atoms with Crippen LogP contribution in [-0.4, -0.2) is 9.97 Å². The fourth-order valence-electron chi connectivity index (χ4n) is 3.89. The molecule has 2 nitrogen and oxygen atoms in total. The smallest absolute Gasteiger partial charge is 0.138 e. The second-order valence-electron chi connectivity index (χ2n) is 8.23. The molecule has 0 atom stereocenters. The summed E-state index contributed by atoms with van der Waals surface area (Å²) in [6.07, 6.45) is 0. The molecule has 1 heterocycles. The van der Waals surface area contributed by atoms with Crippen LogP contribution in [0.25, 0.3) is 44.0 Å². The molecule has 5 aromatic rings. The topological polar surface area (TPSA) is 28.7 Å². The van der Waals surface area contributed by atoms with Gasteiger partial charge in [0.15, 0.2) is 0 Å². The second kappa shape index (κ2) is 5.68. The van der Waals surface area contributed by atoms with Gasteiger partial charge >= 0.3 is 0 Å². The lowest BCUT2D eigenvalue weighted by Crippen LogP contribution is -2.10. The summed E-state index contributed by atoms with van der Waals surface area (Å²) in [5, 5.41) is 4.93. The fraction of sp³-hybridized carbons (Fsp3) is 0.160. The molecule has 1 aromatic heterocycles. The Morgan fingerprint density at radius 2 is 1.22 bits per heavy atom. The van der Waals surface area contributed by atoms with E-state index in [1.165, 1.54) is 27.1 Å². The standard InChI is InChI=1S/C25H22N2/c1-25(2,3)17-14-12-16(13-15-17)24-26-22-20-10-6-4-8-18(20)19-9-5-7-11-21(19)23(22)27-24/h4-15H,1-3H3,(H,26,27). The van der Waals surface area contributed by atoms with Gasteiger partial charge in [0.05, 0.1) is 11.0 Å². The molecule has 5 rings (SSSR count). The number of hydrogen-bond donors (Lipinski definition) is 1. The van der Waals surface area contributed by atoms with Gasteiger partial charge in [-0.3, -0.25) is 0 Å². The molecule has 27 heavy (non-hydrogen) atoms. The minimum atomic E-state index is 0.152. The first-order valence-corrected chi connectivity index (χ1v) is 9.42. The summed E-state index contributed by atoms with van der Waals surface area (Å²) < 4.78 is 0. The summed E-state index contributed by atoms with van der Waals surface area (Å²) in [6.45, 7) is 6.71. The maximum absolute atomic E-state index is 5.00. The molecule has 1 N–H and O–H groups in total. The van der Waals surface area contributed by atoms with Crippen LogP contribution in [0.4, 0.5) is 0 Å². The van der Waals surface area contributed by atoms with Crippen molar-refractivity contribution in [2.75, 3.05) is 0 Å². The molecule has 0 amide bonds. The van der Waals surface area contributed by atoms with Gasteiger partial charge in [-0.1, -0.05) is 93.6 Å². The largest absolute Gasteiger partial charge is 0.337 e. The van der Waals surface area contributed by atoms with Gasteiger partial charge < -0.3 is 4.98 Å². The summed E-state index contributed by atoms with van der Waals surface area (Å²) in [4.78, 5) is 8.59. The molecule has 2 heteroatoms. The third-order valence-electron chi connectivity index (χ3n) is 5.40. The van der Waals surface area contributed by atoms with Crippen molar-refractivity contribution in [2.24, 2.45) is 0 Å². The van der Waals surface area contributed by atoms with Crippen LogP contribution in [-0.2, 0) is 5.41 Å². The normalized spacial score (nSPS) is 12.3. The van der Waals surface area contributed by atoms with Crippen LogP contribution in [0.2, 0.25) is 0 Å². The first-order chi connectivity index (χ1) is 13.0. The van der Waals surface area contributed by atoms with E-state index in [2.05, 4.69) is 98.6 Å². The van der Waals surface area contributed by atoms with E-state index in [4.69, 9.17) is 4.98 Å². The Hall–Kier alpha value is -3.13. The summed E-state index contributed by atoms with van der Waals surface area (Å²) in [7, 11) is 0. The summed E-state index contributed by atoms with van der Waals surface area (Å²) >= 11 is 0. The Bertz CT molecular complexity index is 1210. The molecule has 0 aliphatic rings. The van der Waals surface area contributed by atoms with Gasteiger partial charge in [0.2, 0.25) is 0 Å². The van der Waals surface area contributed by atoms with Crippen molar-refractivity contribution in [3.8, 4) is 11.4 Å². The molecule has 0 unspecified atom stereocenters. The number of nitrogens with zero attached hydrogens (tertiary/aromatic N) is 1. The lowest BCUT2D eigenvalue weighted by atomic mass is 9.87. The number of rotatable bonds is 1. The van der Waals surface area contributed by atoms with Crippen molar-refractivity contribution in [1.29, 1.82) is 0 Å². The number of aromatic amines is 1. The number of fused-ring (bicyclic) bond motifs is 6. The fourth-order valence-corrected chi connectivity index (χ4v) is 3.89. The van der Waals surface area contributed by atoms with Gasteiger partial charge in [0.25, 0.3) is 0 Å². The van der Waals surface area contributed by atoms with Crippen molar-refractivity contribution in [3.05, 3.63) is 78.4 Å². The minimum absolute atomic E-state index is 0.152. The SMILES string of the molecule is CC(C)(C)c1ccc(-c2nc3c4ccccc4c4ccccc4c3[nH]2)cc1. The maximum Gasteiger partial charge on any atom is 0.138 e. The highest BCUT2D eigenvalue weighted by atomic mass is 14.9. The Labute approximate surface area is 158 Å². The lowest BCUT2D eigenvalue weighted by molar-refractivity contribution is 0.590. The van der Waals surface area contributed by atoms with Gasteiger partial charge in [-0.25, -0.2) is 4.98 Å². The molecule has 0 saturated carbocycles. The van der Waals surface area contributed by atoms with Gasteiger partial charge in [-0.2, -0.15) is 0 Å². The quantitative estimate of drug-likeness (QED) is 0.330. The van der Waals surface area contributed by atoms with Gasteiger partial charge in [0, 0.05) is 16.3 Å². The van der Waals surface area contributed by atoms with Crippen molar-refractivity contribution in [1.82, 2.24) is 9.97 Å². The predicted octanol–water partition coefficient (Wildman–Crippen LogP) is 6.83. The first-order valence-electron chi connectivity index (χ1n) is 9.42. The highest BCUT2D eigenvalue weighted by Crippen LogP contribution is 2.35. The van der Waals surface area contributed by atoms with Crippen LogP contribution in [0.5, 0.6) is 0 Å². The van der Waals surface area contributed by atoms with Crippen LogP contribution < -0.4 is 0 Å². The number of imidazole rings is 1. The lowest BCUT2D eigenvalue weighted by Gasteiger charge is -2.18.